The molecule has 0 saturated heterocycles. The third-order valence-electron chi connectivity index (χ3n) is 4.74. The van der Waals surface area contributed by atoms with Crippen molar-refractivity contribution in [3.05, 3.63) is 77.8 Å². The fourth-order valence-corrected chi connectivity index (χ4v) is 3.23. The highest BCUT2D eigenvalue weighted by Gasteiger charge is 2.15. The molecule has 0 aliphatic rings. The number of carbonyl (C=O) groups excluding carboxylic acids is 1. The maximum atomic E-state index is 12.3. The zero-order chi connectivity index (χ0) is 19.8. The van der Waals surface area contributed by atoms with Gasteiger partial charge in [-0.1, -0.05) is 60.7 Å². The molecular formula is C23H26N2O3. The van der Waals surface area contributed by atoms with E-state index < -0.39 is 0 Å². The summed E-state index contributed by atoms with van der Waals surface area (Å²) in [5.74, 6) is 1.38. The van der Waals surface area contributed by atoms with Crippen LogP contribution in [-0.2, 0) is 11.2 Å². The maximum absolute atomic E-state index is 12.3. The van der Waals surface area contributed by atoms with Crippen LogP contribution in [0.5, 0.6) is 0 Å². The lowest BCUT2D eigenvalue weighted by molar-refractivity contribution is -0.121. The molecule has 0 saturated carbocycles. The quantitative estimate of drug-likeness (QED) is 0.593. The van der Waals surface area contributed by atoms with Gasteiger partial charge in [-0.2, -0.15) is 0 Å². The van der Waals surface area contributed by atoms with E-state index in [0.717, 1.165) is 22.6 Å². The second-order valence-corrected chi connectivity index (χ2v) is 6.81. The van der Waals surface area contributed by atoms with Gasteiger partial charge in [0.2, 0.25) is 5.91 Å². The van der Waals surface area contributed by atoms with Crippen molar-refractivity contribution in [1.82, 2.24) is 10.3 Å². The van der Waals surface area contributed by atoms with Gasteiger partial charge in [0, 0.05) is 37.5 Å². The van der Waals surface area contributed by atoms with Gasteiger partial charge >= 0.3 is 0 Å². The SMILES string of the molecule is Cc1nc(CCC(=O)NC[C@@H](CCO)c2ccccc2)oc1-c1ccccc1. The summed E-state index contributed by atoms with van der Waals surface area (Å²) in [7, 11) is 0. The summed E-state index contributed by atoms with van der Waals surface area (Å²) in [4.78, 5) is 16.7. The molecule has 1 aromatic heterocycles. The van der Waals surface area contributed by atoms with Crippen molar-refractivity contribution < 1.29 is 14.3 Å². The number of nitrogens with zero attached hydrogens (tertiary/aromatic N) is 1. The summed E-state index contributed by atoms with van der Waals surface area (Å²) in [5.41, 5.74) is 2.93. The Morgan fingerprint density at radius 1 is 1.11 bits per heavy atom. The van der Waals surface area contributed by atoms with Gasteiger partial charge < -0.3 is 14.8 Å². The van der Waals surface area contributed by atoms with Crippen molar-refractivity contribution in [1.29, 1.82) is 0 Å². The zero-order valence-electron chi connectivity index (χ0n) is 16.1. The average molecular weight is 378 g/mol. The Bertz CT molecular complexity index is 875. The van der Waals surface area contributed by atoms with Crippen LogP contribution in [-0.4, -0.2) is 29.1 Å². The number of aliphatic hydroxyl groups is 1. The molecule has 0 spiro atoms. The van der Waals surface area contributed by atoms with Gasteiger partial charge in [-0.15, -0.1) is 0 Å². The van der Waals surface area contributed by atoms with E-state index in [1.165, 1.54) is 0 Å². The molecule has 1 amide bonds. The summed E-state index contributed by atoms with van der Waals surface area (Å²) >= 11 is 0. The Hall–Kier alpha value is -2.92. The molecule has 5 nitrogen and oxygen atoms in total. The molecule has 28 heavy (non-hydrogen) atoms. The molecule has 2 aromatic carbocycles. The summed E-state index contributed by atoms with van der Waals surface area (Å²) in [5, 5.41) is 12.3. The largest absolute Gasteiger partial charge is 0.440 e. The predicted molar refractivity (Wildman–Crippen MR) is 109 cm³/mol. The van der Waals surface area contributed by atoms with Crippen molar-refractivity contribution in [2.24, 2.45) is 0 Å². The molecule has 2 N–H and O–H groups in total. The lowest BCUT2D eigenvalue weighted by Gasteiger charge is -2.17. The van der Waals surface area contributed by atoms with E-state index in [9.17, 15) is 9.90 Å². The number of hydrogen-bond donors (Lipinski definition) is 2. The van der Waals surface area contributed by atoms with E-state index in [1.807, 2.05) is 67.6 Å². The van der Waals surface area contributed by atoms with Crippen LogP contribution in [0.1, 0.15) is 35.9 Å². The standard InChI is InChI=1S/C23H26N2O3/c1-17-23(19-10-6-3-7-11-19)28-22(25-17)13-12-21(27)24-16-20(14-15-26)18-8-4-2-5-9-18/h2-11,20,26H,12-16H2,1H3,(H,24,27)/t20-/m1/s1. The minimum absolute atomic E-state index is 0.0454. The molecule has 0 unspecified atom stereocenters. The first-order valence-corrected chi connectivity index (χ1v) is 9.61. The number of nitrogens with one attached hydrogen (secondary N) is 1. The lowest BCUT2D eigenvalue weighted by atomic mass is 9.96. The van der Waals surface area contributed by atoms with Crippen LogP contribution in [0.25, 0.3) is 11.3 Å². The van der Waals surface area contributed by atoms with Crippen molar-refractivity contribution in [3.63, 3.8) is 0 Å². The van der Waals surface area contributed by atoms with Crippen molar-refractivity contribution in [2.45, 2.75) is 32.1 Å². The van der Waals surface area contributed by atoms with Crippen molar-refractivity contribution in [3.8, 4) is 11.3 Å². The lowest BCUT2D eigenvalue weighted by Crippen LogP contribution is -2.29. The smallest absolute Gasteiger partial charge is 0.220 e. The summed E-state index contributed by atoms with van der Waals surface area (Å²) in [6.45, 7) is 2.51. The Kier molecular flexibility index (Phi) is 6.98. The van der Waals surface area contributed by atoms with Gasteiger partial charge in [-0.25, -0.2) is 4.98 Å². The minimum Gasteiger partial charge on any atom is -0.440 e. The van der Waals surface area contributed by atoms with E-state index in [2.05, 4.69) is 10.3 Å². The minimum atomic E-state index is -0.0454. The number of aryl methyl sites for hydroxylation is 2. The molecule has 0 aliphatic heterocycles. The van der Waals surface area contributed by atoms with Crippen LogP contribution in [0.3, 0.4) is 0 Å². The second-order valence-electron chi connectivity index (χ2n) is 6.81. The number of aromatic nitrogens is 1. The van der Waals surface area contributed by atoms with Crippen LogP contribution in [0.15, 0.2) is 65.1 Å². The highest BCUT2D eigenvalue weighted by atomic mass is 16.4. The third kappa shape index (κ3) is 5.30. The molecule has 3 aromatic rings. The molecule has 0 bridgehead atoms. The maximum Gasteiger partial charge on any atom is 0.220 e. The van der Waals surface area contributed by atoms with Gasteiger partial charge in [-0.3, -0.25) is 4.79 Å². The van der Waals surface area contributed by atoms with Crippen LogP contribution < -0.4 is 5.32 Å². The number of benzene rings is 2. The summed E-state index contributed by atoms with van der Waals surface area (Å²) < 4.78 is 5.86. The van der Waals surface area contributed by atoms with Crippen LogP contribution >= 0.6 is 0 Å². The molecule has 146 valence electrons. The van der Waals surface area contributed by atoms with E-state index in [0.29, 0.717) is 31.7 Å². The Morgan fingerprint density at radius 2 is 1.79 bits per heavy atom. The van der Waals surface area contributed by atoms with Crippen molar-refractivity contribution in [2.75, 3.05) is 13.2 Å². The molecule has 0 radical (unpaired) electrons. The van der Waals surface area contributed by atoms with E-state index in [4.69, 9.17) is 4.42 Å². The molecule has 1 atom stereocenters. The fourth-order valence-electron chi connectivity index (χ4n) is 3.23. The Labute approximate surface area is 165 Å². The van der Waals surface area contributed by atoms with E-state index in [-0.39, 0.29) is 18.4 Å². The van der Waals surface area contributed by atoms with E-state index >= 15 is 0 Å². The normalized spacial score (nSPS) is 11.9. The molecule has 0 fully saturated rings. The number of aliphatic hydroxyl groups excluding tert-OH is 1. The number of carbonyl (C=O) groups is 1. The molecule has 5 heteroatoms. The number of hydrogen-bond acceptors (Lipinski definition) is 4. The Balaban J connectivity index is 1.53. The van der Waals surface area contributed by atoms with Gasteiger partial charge in [0.1, 0.15) is 0 Å². The fraction of sp³-hybridized carbons (Fsp3) is 0.304. The monoisotopic (exact) mass is 378 g/mol. The summed E-state index contributed by atoms with van der Waals surface area (Å²) in [6, 6.07) is 19.8. The Morgan fingerprint density at radius 3 is 2.46 bits per heavy atom. The summed E-state index contributed by atoms with van der Waals surface area (Å²) in [6.07, 6.45) is 1.38. The van der Waals surface area contributed by atoms with Crippen LogP contribution in [0, 0.1) is 6.92 Å². The molecule has 1 heterocycles. The second kappa shape index (κ2) is 9.85. The van der Waals surface area contributed by atoms with Crippen molar-refractivity contribution >= 4 is 5.91 Å². The van der Waals surface area contributed by atoms with Gasteiger partial charge in [-0.05, 0) is 18.9 Å². The third-order valence-corrected chi connectivity index (χ3v) is 4.74. The predicted octanol–water partition coefficient (Wildman–Crippen LogP) is 3.87. The van der Waals surface area contributed by atoms with Gasteiger partial charge in [0.25, 0.3) is 0 Å². The highest BCUT2D eigenvalue weighted by Crippen LogP contribution is 2.24. The first kappa shape index (κ1) is 19.8. The molecule has 0 aliphatic carbocycles. The first-order chi connectivity index (χ1) is 13.7. The average Bonchev–Trinajstić information content (AvgIpc) is 3.11. The van der Waals surface area contributed by atoms with E-state index in [1.54, 1.807) is 0 Å². The van der Waals surface area contributed by atoms with Gasteiger partial charge in [0.15, 0.2) is 11.7 Å². The van der Waals surface area contributed by atoms with Gasteiger partial charge in [0.05, 0.1) is 5.69 Å². The topological polar surface area (TPSA) is 75.4 Å². The number of amides is 1. The zero-order valence-corrected chi connectivity index (χ0v) is 16.1. The molecule has 3 rings (SSSR count). The number of oxazole rings is 1. The van der Waals surface area contributed by atoms with Crippen LogP contribution in [0.2, 0.25) is 0 Å². The number of rotatable bonds is 9. The van der Waals surface area contributed by atoms with Crippen LogP contribution in [0.4, 0.5) is 0 Å². The molecular weight excluding hydrogens is 352 g/mol. The highest BCUT2D eigenvalue weighted by molar-refractivity contribution is 5.76. The first-order valence-electron chi connectivity index (χ1n) is 9.61.